The van der Waals surface area contributed by atoms with E-state index in [9.17, 15) is 0 Å². The molecule has 1 heterocycles. The van der Waals surface area contributed by atoms with Crippen molar-refractivity contribution in [3.63, 3.8) is 0 Å². The lowest BCUT2D eigenvalue weighted by Crippen LogP contribution is -2.11. The van der Waals surface area contributed by atoms with Gasteiger partial charge in [-0.05, 0) is 30.0 Å². The molecule has 0 radical (unpaired) electrons. The minimum atomic E-state index is -1.95. The molecule has 0 fully saturated rings. The number of halogens is 1. The lowest BCUT2D eigenvalue weighted by molar-refractivity contribution is 1.70. The van der Waals surface area contributed by atoms with Crippen molar-refractivity contribution < 1.29 is 0 Å². The Kier molecular flexibility index (Phi) is 2.62. The third-order valence-corrected chi connectivity index (χ3v) is 6.21. The summed E-state index contributed by atoms with van der Waals surface area (Å²) in [4.78, 5) is 0. The van der Waals surface area contributed by atoms with E-state index in [2.05, 4.69) is 10.2 Å². The first-order valence-corrected chi connectivity index (χ1v) is 8.37. The molecule has 2 aromatic rings. The van der Waals surface area contributed by atoms with E-state index in [1.807, 2.05) is 48.5 Å². The molecule has 0 amide bonds. The van der Waals surface area contributed by atoms with Crippen LogP contribution in [0.4, 0.5) is 11.4 Å². The van der Waals surface area contributed by atoms with E-state index in [1.165, 1.54) is 0 Å². The summed E-state index contributed by atoms with van der Waals surface area (Å²) in [5, 5.41) is 8.65. The lowest BCUT2D eigenvalue weighted by atomic mass is 10.3. The maximum Gasteiger partial charge on any atom is 0.148 e. The predicted octanol–water partition coefficient (Wildman–Crippen LogP) is 3.81. The van der Waals surface area contributed by atoms with Crippen LogP contribution in [0.1, 0.15) is 0 Å². The summed E-state index contributed by atoms with van der Waals surface area (Å²) in [5.41, 5.74) is 2.02. The molecule has 0 aromatic heterocycles. The van der Waals surface area contributed by atoms with Gasteiger partial charge in [-0.25, -0.2) is 0 Å². The highest BCUT2D eigenvalue weighted by molar-refractivity contribution is 8.19. The molecular weight excluding hydrogens is 271 g/mol. The highest BCUT2D eigenvalue weighted by atomic mass is 35.5. The van der Waals surface area contributed by atoms with Crippen molar-refractivity contribution in [3.8, 4) is 0 Å². The number of nitrogens with one attached hydrogen (secondary N) is 2. The zero-order valence-electron chi connectivity index (χ0n) is 8.85. The first kappa shape index (κ1) is 11.1. The predicted molar refractivity (Wildman–Crippen MR) is 79.1 cm³/mol. The van der Waals surface area contributed by atoms with Crippen LogP contribution in [-0.4, -0.2) is 0 Å². The molecule has 1 unspecified atom stereocenters. The molecule has 0 saturated heterocycles. The van der Waals surface area contributed by atoms with Gasteiger partial charge in [0.25, 0.3) is 0 Å². The second kappa shape index (κ2) is 4.02. The fourth-order valence-electron chi connectivity index (χ4n) is 1.84. The van der Waals surface area contributed by atoms with Crippen LogP contribution in [0.3, 0.4) is 0 Å². The molecule has 2 nitrogen and oxygen atoms in total. The van der Waals surface area contributed by atoms with Crippen LogP contribution in [0.5, 0.6) is 0 Å². The standard InChI is InChI=1S/C12H10ClN2PS/c13-9-6-7-11-12(8-9)15-16(17,14-11)10-4-2-1-3-5-10/h1-8H,(H2,14,15,17). The Hall–Kier alpha value is -1.02. The SMILES string of the molecule is S=P1(c2ccccc2)Nc2ccc(Cl)cc2N1. The quantitative estimate of drug-likeness (QED) is 0.777. The molecule has 1 aliphatic rings. The molecule has 0 bridgehead atoms. The maximum absolute atomic E-state index is 5.97. The van der Waals surface area contributed by atoms with Crippen molar-refractivity contribution in [2.45, 2.75) is 0 Å². The number of hydrogen-bond donors (Lipinski definition) is 2. The van der Waals surface area contributed by atoms with E-state index in [1.54, 1.807) is 0 Å². The average molecular weight is 281 g/mol. The van der Waals surface area contributed by atoms with Gasteiger partial charge in [0.1, 0.15) is 6.34 Å². The van der Waals surface area contributed by atoms with Crippen LogP contribution in [0, 0.1) is 0 Å². The summed E-state index contributed by atoms with van der Waals surface area (Å²) in [6, 6.07) is 15.8. The molecular formula is C12H10ClN2PS. The first-order valence-electron chi connectivity index (χ1n) is 5.19. The molecule has 17 heavy (non-hydrogen) atoms. The number of fused-ring (bicyclic) bond motifs is 1. The summed E-state index contributed by atoms with van der Waals surface area (Å²) < 4.78 is 0. The first-order chi connectivity index (χ1) is 8.17. The maximum atomic E-state index is 5.97. The molecule has 0 spiro atoms. The monoisotopic (exact) mass is 280 g/mol. The molecule has 0 aliphatic carbocycles. The van der Waals surface area contributed by atoms with Crippen LogP contribution in [0.15, 0.2) is 48.5 Å². The fraction of sp³-hybridized carbons (Fsp3) is 0. The topological polar surface area (TPSA) is 24.1 Å². The van der Waals surface area contributed by atoms with Gasteiger partial charge in [-0.2, -0.15) is 0 Å². The van der Waals surface area contributed by atoms with Gasteiger partial charge in [-0.1, -0.05) is 41.9 Å². The van der Waals surface area contributed by atoms with E-state index in [0.717, 1.165) is 21.7 Å². The lowest BCUT2D eigenvalue weighted by Gasteiger charge is -2.17. The van der Waals surface area contributed by atoms with Crippen molar-refractivity contribution in [1.82, 2.24) is 0 Å². The van der Waals surface area contributed by atoms with Crippen LogP contribution in [0.2, 0.25) is 5.02 Å². The zero-order valence-corrected chi connectivity index (χ0v) is 11.3. The van der Waals surface area contributed by atoms with E-state index >= 15 is 0 Å². The van der Waals surface area contributed by atoms with Gasteiger partial charge in [-0.3, -0.25) is 0 Å². The Labute approximate surface area is 110 Å². The summed E-state index contributed by atoms with van der Waals surface area (Å²) in [6.07, 6.45) is -1.95. The summed E-state index contributed by atoms with van der Waals surface area (Å²) in [6.45, 7) is 0. The largest absolute Gasteiger partial charge is 0.337 e. The van der Waals surface area contributed by atoms with Crippen LogP contribution in [0.25, 0.3) is 0 Å². The smallest absolute Gasteiger partial charge is 0.148 e. The van der Waals surface area contributed by atoms with Crippen molar-refractivity contribution in [3.05, 3.63) is 53.6 Å². The number of rotatable bonds is 1. The minimum absolute atomic E-state index is 0.717. The van der Waals surface area contributed by atoms with Gasteiger partial charge in [0.2, 0.25) is 0 Å². The third kappa shape index (κ3) is 1.95. The van der Waals surface area contributed by atoms with E-state index in [4.69, 9.17) is 23.4 Å². The second-order valence-corrected chi connectivity index (χ2v) is 8.12. The van der Waals surface area contributed by atoms with Crippen molar-refractivity contribution in [1.29, 1.82) is 0 Å². The molecule has 2 aromatic carbocycles. The van der Waals surface area contributed by atoms with Gasteiger partial charge >= 0.3 is 0 Å². The van der Waals surface area contributed by atoms with Crippen LogP contribution >= 0.6 is 17.9 Å². The van der Waals surface area contributed by atoms with Crippen LogP contribution < -0.4 is 15.5 Å². The normalized spacial score (nSPS) is 21.5. The Balaban J connectivity index is 2.03. The van der Waals surface area contributed by atoms with Gasteiger partial charge in [0.05, 0.1) is 11.4 Å². The van der Waals surface area contributed by atoms with Crippen molar-refractivity contribution in [2.75, 3.05) is 10.2 Å². The molecule has 86 valence electrons. The Morgan fingerprint density at radius 3 is 2.41 bits per heavy atom. The molecule has 2 N–H and O–H groups in total. The highest BCUT2D eigenvalue weighted by Gasteiger charge is 2.27. The summed E-state index contributed by atoms with van der Waals surface area (Å²) >= 11 is 11.7. The fourth-order valence-corrected chi connectivity index (χ4v) is 4.93. The molecule has 3 rings (SSSR count). The number of benzene rings is 2. The van der Waals surface area contributed by atoms with E-state index < -0.39 is 6.34 Å². The Morgan fingerprint density at radius 2 is 1.65 bits per heavy atom. The van der Waals surface area contributed by atoms with Gasteiger partial charge in [-0.15, -0.1) is 0 Å². The molecule has 5 heteroatoms. The van der Waals surface area contributed by atoms with Gasteiger partial charge in [0.15, 0.2) is 0 Å². The highest BCUT2D eigenvalue weighted by Crippen LogP contribution is 2.53. The van der Waals surface area contributed by atoms with E-state index in [-0.39, 0.29) is 0 Å². The Bertz CT molecular complexity index is 615. The third-order valence-electron chi connectivity index (χ3n) is 2.66. The molecule has 1 atom stereocenters. The van der Waals surface area contributed by atoms with Crippen molar-refractivity contribution in [2.24, 2.45) is 0 Å². The van der Waals surface area contributed by atoms with E-state index in [0.29, 0.717) is 0 Å². The average Bonchev–Trinajstić information content (AvgIpc) is 2.67. The minimum Gasteiger partial charge on any atom is -0.337 e. The number of anilines is 2. The number of hydrogen-bond acceptors (Lipinski definition) is 1. The molecule has 1 aliphatic heterocycles. The molecule has 0 saturated carbocycles. The zero-order chi connectivity index (χ0) is 11.9. The van der Waals surface area contributed by atoms with Gasteiger partial charge in [0, 0.05) is 10.3 Å². The second-order valence-electron chi connectivity index (χ2n) is 3.86. The summed E-state index contributed by atoms with van der Waals surface area (Å²) in [7, 11) is 0. The summed E-state index contributed by atoms with van der Waals surface area (Å²) in [5.74, 6) is 0. The Morgan fingerprint density at radius 1 is 0.941 bits per heavy atom. The van der Waals surface area contributed by atoms with Crippen molar-refractivity contribution >= 4 is 46.4 Å². The van der Waals surface area contributed by atoms with Gasteiger partial charge < -0.3 is 10.2 Å². The van der Waals surface area contributed by atoms with Crippen LogP contribution in [-0.2, 0) is 11.8 Å².